The summed E-state index contributed by atoms with van der Waals surface area (Å²) in [5, 5.41) is 3.69. The number of para-hydroxylation sites is 1. The first-order valence-electron chi connectivity index (χ1n) is 11.7. The minimum absolute atomic E-state index is 0.145. The van der Waals surface area contributed by atoms with Crippen molar-refractivity contribution in [3.8, 4) is 0 Å². The van der Waals surface area contributed by atoms with Gasteiger partial charge in [-0.25, -0.2) is 22.7 Å². The molecule has 3 amide bonds. The maximum atomic E-state index is 12.7. The molecule has 190 valence electrons. The number of likely N-dealkylation sites (tertiary alicyclic amines) is 1. The van der Waals surface area contributed by atoms with Gasteiger partial charge in [0.25, 0.3) is 10.0 Å². The standard InChI is InChI=1S/C25H39N3O5S/c1-17(2)19-11-9-12-20(18(3)4)21(19)26-22(29)27-34(31,32)16-14-25(8)13-10-15-28(25)23(30)33-24(5,6)7/h9,11-12,14,16-18H,10,13,15H2,1-8H3,(H2,26,27,29). The fourth-order valence-electron chi connectivity index (χ4n) is 4.01. The van der Waals surface area contributed by atoms with Crippen LogP contribution in [0.1, 0.15) is 91.2 Å². The minimum atomic E-state index is -4.10. The molecule has 1 aromatic rings. The molecule has 1 aliphatic rings. The van der Waals surface area contributed by atoms with E-state index < -0.39 is 33.3 Å². The van der Waals surface area contributed by atoms with Crippen LogP contribution in [0.3, 0.4) is 0 Å². The molecule has 2 rings (SSSR count). The van der Waals surface area contributed by atoms with E-state index in [1.165, 1.54) is 11.0 Å². The van der Waals surface area contributed by atoms with Crippen molar-refractivity contribution in [2.24, 2.45) is 0 Å². The van der Waals surface area contributed by atoms with Gasteiger partial charge in [0.05, 0.1) is 5.54 Å². The van der Waals surface area contributed by atoms with Crippen LogP contribution in [0.4, 0.5) is 15.3 Å². The van der Waals surface area contributed by atoms with Gasteiger partial charge in [0, 0.05) is 17.6 Å². The second-order valence-corrected chi connectivity index (χ2v) is 12.2. The van der Waals surface area contributed by atoms with Gasteiger partial charge < -0.3 is 10.1 Å². The van der Waals surface area contributed by atoms with Gasteiger partial charge in [-0.05, 0) is 69.6 Å². The Balaban J connectivity index is 2.18. The Hall–Kier alpha value is -2.55. The number of hydrogen-bond donors (Lipinski definition) is 2. The molecule has 0 aliphatic carbocycles. The molecule has 1 fully saturated rings. The van der Waals surface area contributed by atoms with Crippen LogP contribution >= 0.6 is 0 Å². The summed E-state index contributed by atoms with van der Waals surface area (Å²) < 4.78 is 32.9. The zero-order valence-electron chi connectivity index (χ0n) is 21.6. The highest BCUT2D eigenvalue weighted by atomic mass is 32.2. The zero-order valence-corrected chi connectivity index (χ0v) is 22.4. The molecule has 0 saturated carbocycles. The number of nitrogens with zero attached hydrogens (tertiary/aromatic N) is 1. The van der Waals surface area contributed by atoms with E-state index in [4.69, 9.17) is 4.74 Å². The summed E-state index contributed by atoms with van der Waals surface area (Å²) in [5.74, 6) is 0.290. The third-order valence-electron chi connectivity index (χ3n) is 5.75. The van der Waals surface area contributed by atoms with E-state index in [0.29, 0.717) is 18.7 Å². The number of amides is 3. The van der Waals surface area contributed by atoms with Crippen molar-refractivity contribution in [3.63, 3.8) is 0 Å². The first kappa shape index (κ1) is 27.7. The summed E-state index contributed by atoms with van der Waals surface area (Å²) in [6.45, 7) is 15.6. The SMILES string of the molecule is CC(C)c1cccc(C(C)C)c1NC(=O)NS(=O)(=O)C=CC1(C)CCCN1C(=O)OC(C)(C)C. The van der Waals surface area contributed by atoms with Crippen LogP contribution in [-0.4, -0.2) is 43.1 Å². The molecule has 1 unspecified atom stereocenters. The molecule has 1 aliphatic heterocycles. The highest BCUT2D eigenvalue weighted by Crippen LogP contribution is 2.33. The van der Waals surface area contributed by atoms with Crippen LogP contribution in [0, 0.1) is 0 Å². The van der Waals surface area contributed by atoms with Gasteiger partial charge in [0.15, 0.2) is 0 Å². The predicted octanol–water partition coefficient (Wildman–Crippen LogP) is 5.69. The number of ether oxygens (including phenoxy) is 1. The van der Waals surface area contributed by atoms with Gasteiger partial charge >= 0.3 is 12.1 Å². The van der Waals surface area contributed by atoms with Gasteiger partial charge in [0.1, 0.15) is 5.60 Å². The van der Waals surface area contributed by atoms with E-state index in [1.54, 1.807) is 27.7 Å². The topological polar surface area (TPSA) is 105 Å². The lowest BCUT2D eigenvalue weighted by Gasteiger charge is -2.34. The lowest BCUT2D eigenvalue weighted by atomic mass is 9.93. The van der Waals surface area contributed by atoms with Crippen molar-refractivity contribution in [2.75, 3.05) is 11.9 Å². The number of urea groups is 1. The summed E-state index contributed by atoms with van der Waals surface area (Å²) in [4.78, 5) is 26.8. The van der Waals surface area contributed by atoms with Crippen LogP contribution in [0.15, 0.2) is 29.7 Å². The lowest BCUT2D eigenvalue weighted by molar-refractivity contribution is 0.0169. The van der Waals surface area contributed by atoms with Crippen molar-refractivity contribution >= 4 is 27.8 Å². The van der Waals surface area contributed by atoms with E-state index in [9.17, 15) is 18.0 Å². The molecular weight excluding hydrogens is 454 g/mol. The molecule has 1 heterocycles. The van der Waals surface area contributed by atoms with Gasteiger partial charge in [-0.15, -0.1) is 0 Å². The third kappa shape index (κ3) is 7.22. The molecule has 9 heteroatoms. The minimum Gasteiger partial charge on any atom is -0.444 e. The number of hydrogen-bond acceptors (Lipinski definition) is 5. The summed E-state index contributed by atoms with van der Waals surface area (Å²) in [7, 11) is -4.10. The smallest absolute Gasteiger partial charge is 0.410 e. The average Bonchev–Trinajstić information content (AvgIpc) is 3.07. The van der Waals surface area contributed by atoms with Crippen LogP contribution in [0.5, 0.6) is 0 Å². The first-order valence-corrected chi connectivity index (χ1v) is 13.3. The summed E-state index contributed by atoms with van der Waals surface area (Å²) in [6, 6.07) is 4.95. The number of anilines is 1. The normalized spacial score (nSPS) is 19.2. The van der Waals surface area contributed by atoms with Crippen LogP contribution in [-0.2, 0) is 14.8 Å². The number of carbonyl (C=O) groups is 2. The summed E-state index contributed by atoms with van der Waals surface area (Å²) in [5.41, 5.74) is 1.00. The van der Waals surface area contributed by atoms with E-state index in [2.05, 4.69) is 10.0 Å². The molecule has 1 saturated heterocycles. The Bertz CT molecular complexity index is 1010. The molecular formula is C25H39N3O5S. The molecule has 0 radical (unpaired) electrons. The monoisotopic (exact) mass is 493 g/mol. The maximum Gasteiger partial charge on any atom is 0.410 e. The van der Waals surface area contributed by atoms with Crippen molar-refractivity contribution in [2.45, 2.75) is 91.2 Å². The van der Waals surface area contributed by atoms with Crippen molar-refractivity contribution in [1.82, 2.24) is 9.62 Å². The Kier molecular flexibility index (Phi) is 8.45. The molecule has 0 aromatic heterocycles. The highest BCUT2D eigenvalue weighted by molar-refractivity contribution is 7.92. The number of benzene rings is 1. The second-order valence-electron chi connectivity index (χ2n) is 10.6. The number of sulfonamides is 1. The maximum absolute atomic E-state index is 12.7. The first-order chi connectivity index (χ1) is 15.5. The molecule has 1 aromatic carbocycles. The van der Waals surface area contributed by atoms with E-state index in [-0.39, 0.29) is 11.8 Å². The van der Waals surface area contributed by atoms with Crippen LogP contribution in [0.25, 0.3) is 0 Å². The number of carbonyl (C=O) groups excluding carboxylic acids is 2. The predicted molar refractivity (Wildman–Crippen MR) is 135 cm³/mol. The fraction of sp³-hybridized carbons (Fsp3) is 0.600. The molecule has 1 atom stereocenters. The van der Waals surface area contributed by atoms with Gasteiger partial charge in [-0.2, -0.15) is 0 Å². The summed E-state index contributed by atoms with van der Waals surface area (Å²) in [6.07, 6.45) is 2.26. The molecule has 8 nitrogen and oxygen atoms in total. The zero-order chi connectivity index (χ0) is 25.9. The van der Waals surface area contributed by atoms with Crippen molar-refractivity contribution < 1.29 is 22.7 Å². The second kappa shape index (κ2) is 10.4. The molecule has 0 bridgehead atoms. The van der Waals surface area contributed by atoms with E-state index >= 15 is 0 Å². The van der Waals surface area contributed by atoms with Crippen molar-refractivity contribution in [3.05, 3.63) is 40.8 Å². The van der Waals surface area contributed by atoms with Crippen molar-refractivity contribution in [1.29, 1.82) is 0 Å². The largest absolute Gasteiger partial charge is 0.444 e. The third-order valence-corrected chi connectivity index (χ3v) is 6.71. The van der Waals surface area contributed by atoms with Gasteiger partial charge in [0.2, 0.25) is 0 Å². The average molecular weight is 494 g/mol. The van der Waals surface area contributed by atoms with Gasteiger partial charge in [-0.1, -0.05) is 45.9 Å². The van der Waals surface area contributed by atoms with E-state index in [0.717, 1.165) is 23.0 Å². The number of nitrogens with one attached hydrogen (secondary N) is 2. The van der Waals surface area contributed by atoms with E-state index in [1.807, 2.05) is 45.9 Å². The Labute approximate surface area is 204 Å². The highest BCUT2D eigenvalue weighted by Gasteiger charge is 2.40. The number of rotatable bonds is 6. The van der Waals surface area contributed by atoms with Crippen LogP contribution in [0.2, 0.25) is 0 Å². The van der Waals surface area contributed by atoms with Crippen LogP contribution < -0.4 is 10.0 Å². The van der Waals surface area contributed by atoms with Gasteiger partial charge in [-0.3, -0.25) is 4.90 Å². The Morgan fingerprint density at radius 3 is 2.18 bits per heavy atom. The molecule has 34 heavy (non-hydrogen) atoms. The Morgan fingerprint density at radius 2 is 1.68 bits per heavy atom. The summed E-state index contributed by atoms with van der Waals surface area (Å²) >= 11 is 0. The Morgan fingerprint density at radius 1 is 1.12 bits per heavy atom. The lowest BCUT2D eigenvalue weighted by Crippen LogP contribution is -2.46. The molecule has 0 spiro atoms. The molecule has 2 N–H and O–H groups in total. The quantitative estimate of drug-likeness (QED) is 0.530. The fourth-order valence-corrected chi connectivity index (χ4v) is 4.86.